The Balaban J connectivity index is 1.71. The maximum Gasteiger partial charge on any atom is 0.368 e. The van der Waals surface area contributed by atoms with E-state index >= 15 is 0 Å². The smallest absolute Gasteiger partial charge is 0.368 e. The van der Waals surface area contributed by atoms with Crippen LogP contribution in [0.15, 0.2) is 48.5 Å². The van der Waals surface area contributed by atoms with Crippen LogP contribution in [-0.2, 0) is 32.0 Å². The van der Waals surface area contributed by atoms with Gasteiger partial charge in [-0.05, 0) is 47.5 Å². The van der Waals surface area contributed by atoms with Gasteiger partial charge in [0.05, 0.1) is 48.3 Å². The first-order chi connectivity index (χ1) is 16.7. The van der Waals surface area contributed by atoms with Crippen molar-refractivity contribution in [3.63, 3.8) is 0 Å². The SMILES string of the molecule is O=[P]1OCC(C(Cl)(Oc2ccccc2Cl)OC(Cl)(Oc2ccccc2Cl)C2CO[P](=O)OC2)CO1. The van der Waals surface area contributed by atoms with Gasteiger partial charge in [-0.25, -0.2) is 9.13 Å². The summed E-state index contributed by atoms with van der Waals surface area (Å²) in [5, 5.41) is -3.77. The van der Waals surface area contributed by atoms with Crippen LogP contribution in [0.3, 0.4) is 0 Å². The lowest BCUT2D eigenvalue weighted by molar-refractivity contribution is -0.285. The normalized spacial score (nSPS) is 26.4. The van der Waals surface area contributed by atoms with E-state index in [1.54, 1.807) is 48.5 Å². The maximum atomic E-state index is 11.6. The molecule has 15 heteroatoms. The summed E-state index contributed by atoms with van der Waals surface area (Å²) in [7, 11) is -4.65. The zero-order valence-corrected chi connectivity index (χ0v) is 22.5. The van der Waals surface area contributed by atoms with Crippen molar-refractivity contribution in [2.24, 2.45) is 11.8 Å². The number of benzene rings is 2. The Morgan fingerprint density at radius 1 is 0.686 bits per heavy atom. The van der Waals surface area contributed by atoms with E-state index < -0.39 is 38.8 Å². The molecule has 0 saturated carbocycles. The molecule has 0 aromatic heterocycles. The number of alkyl halides is 2. The molecule has 0 bridgehead atoms. The van der Waals surface area contributed by atoms with E-state index in [0.717, 1.165) is 0 Å². The van der Waals surface area contributed by atoms with Gasteiger partial charge in [-0.1, -0.05) is 47.5 Å². The number of para-hydroxylation sites is 2. The second-order valence-electron chi connectivity index (χ2n) is 7.36. The van der Waals surface area contributed by atoms with Gasteiger partial charge in [0.25, 0.3) is 0 Å². The van der Waals surface area contributed by atoms with Gasteiger partial charge < -0.3 is 9.47 Å². The number of halogens is 4. The average molecular weight is 606 g/mol. The van der Waals surface area contributed by atoms with Crippen molar-refractivity contribution in [1.82, 2.24) is 0 Å². The molecule has 190 valence electrons. The zero-order valence-electron chi connectivity index (χ0n) is 17.7. The van der Waals surface area contributed by atoms with Crippen molar-refractivity contribution in [3.8, 4) is 11.5 Å². The Labute approximate surface area is 222 Å². The van der Waals surface area contributed by atoms with E-state index in [1.807, 2.05) is 0 Å². The van der Waals surface area contributed by atoms with Crippen LogP contribution in [0.2, 0.25) is 10.0 Å². The molecule has 2 aromatic rings. The molecule has 9 nitrogen and oxygen atoms in total. The summed E-state index contributed by atoms with van der Waals surface area (Å²) in [4.78, 5) is 0. The van der Waals surface area contributed by atoms with Crippen molar-refractivity contribution in [2.45, 2.75) is 10.5 Å². The standard InChI is InChI=1S/C20H18Cl4O9P2/c21-15-5-1-3-7-17(15)31-19(23,13-9-27-34(25)28-10-13)33-20(24,14-11-29-35(26)30-12-14)32-18-8-4-2-6-16(18)22/h1-8,13-14H,9-12H2. The summed E-state index contributed by atoms with van der Waals surface area (Å²) in [6.07, 6.45) is 0. The average Bonchev–Trinajstić information content (AvgIpc) is 2.83. The van der Waals surface area contributed by atoms with E-state index in [4.69, 9.17) is 78.7 Å². The molecule has 2 aromatic carbocycles. The number of rotatable bonds is 8. The Hall–Kier alpha value is -0.800. The Bertz CT molecular complexity index is 993. The molecular formula is C20H18Cl4O9P2. The fraction of sp³-hybridized carbons (Fsp3) is 0.400. The second kappa shape index (κ2) is 11.7. The van der Waals surface area contributed by atoms with Crippen LogP contribution < -0.4 is 9.47 Å². The van der Waals surface area contributed by atoms with Crippen molar-refractivity contribution >= 4 is 62.9 Å². The molecular weight excluding hydrogens is 588 g/mol. The molecule has 2 fully saturated rings. The van der Waals surface area contributed by atoms with Gasteiger partial charge in [0.15, 0.2) is 0 Å². The first-order valence-electron chi connectivity index (χ1n) is 10.1. The van der Waals surface area contributed by atoms with E-state index in [1.165, 1.54) is 0 Å². The molecule has 2 radical (unpaired) electrons. The number of ether oxygens (including phenoxy) is 3. The summed E-state index contributed by atoms with van der Waals surface area (Å²) in [6.45, 7) is -0.644. The predicted octanol–water partition coefficient (Wildman–Crippen LogP) is 6.89. The Morgan fingerprint density at radius 3 is 1.37 bits per heavy atom. The molecule has 2 aliphatic rings. The van der Waals surface area contributed by atoms with Crippen LogP contribution >= 0.6 is 62.9 Å². The second-order valence-corrected chi connectivity index (χ2v) is 11.2. The third-order valence-electron chi connectivity index (χ3n) is 4.95. The lowest BCUT2D eigenvalue weighted by Gasteiger charge is -2.44. The van der Waals surface area contributed by atoms with Crippen LogP contribution in [0.25, 0.3) is 0 Å². The van der Waals surface area contributed by atoms with Crippen molar-refractivity contribution in [3.05, 3.63) is 58.6 Å². The molecule has 0 amide bonds. The highest BCUT2D eigenvalue weighted by Crippen LogP contribution is 2.48. The maximum absolute atomic E-state index is 11.6. The van der Waals surface area contributed by atoms with Gasteiger partial charge >= 0.3 is 27.0 Å². The third kappa shape index (κ3) is 6.75. The molecule has 2 heterocycles. The molecule has 2 aliphatic heterocycles. The van der Waals surface area contributed by atoms with Crippen LogP contribution in [0.1, 0.15) is 0 Å². The van der Waals surface area contributed by atoms with Crippen LogP contribution in [0.4, 0.5) is 0 Å². The van der Waals surface area contributed by atoms with Gasteiger partial charge in [0.2, 0.25) is 0 Å². The topological polar surface area (TPSA) is 98.8 Å². The summed E-state index contributed by atoms with van der Waals surface area (Å²) in [6, 6.07) is 13.1. The largest absolute Gasteiger partial charge is 0.446 e. The van der Waals surface area contributed by atoms with E-state index in [-0.39, 0.29) is 48.0 Å². The number of hydrogen-bond donors (Lipinski definition) is 0. The van der Waals surface area contributed by atoms with Crippen LogP contribution in [0, 0.1) is 11.8 Å². The Morgan fingerprint density at radius 2 is 1.03 bits per heavy atom. The van der Waals surface area contributed by atoms with Crippen LogP contribution in [0.5, 0.6) is 11.5 Å². The predicted molar refractivity (Wildman–Crippen MR) is 128 cm³/mol. The molecule has 0 aliphatic carbocycles. The van der Waals surface area contributed by atoms with Gasteiger partial charge in [0, 0.05) is 0 Å². The fourth-order valence-electron chi connectivity index (χ4n) is 3.09. The first kappa shape index (κ1) is 27.2. The van der Waals surface area contributed by atoms with E-state index in [2.05, 4.69) is 0 Å². The monoisotopic (exact) mass is 604 g/mol. The van der Waals surface area contributed by atoms with Crippen molar-refractivity contribution in [1.29, 1.82) is 0 Å². The van der Waals surface area contributed by atoms with Crippen LogP contribution in [-0.4, -0.2) is 36.9 Å². The van der Waals surface area contributed by atoms with Crippen molar-refractivity contribution < 1.29 is 41.4 Å². The lowest BCUT2D eigenvalue weighted by atomic mass is 10.1. The Kier molecular flexibility index (Phi) is 9.12. The molecule has 35 heavy (non-hydrogen) atoms. The number of hydrogen-bond acceptors (Lipinski definition) is 9. The highest BCUT2D eigenvalue weighted by Gasteiger charge is 2.55. The summed E-state index contributed by atoms with van der Waals surface area (Å²) in [5.74, 6) is -1.39. The molecule has 0 N–H and O–H groups in total. The fourth-order valence-corrected chi connectivity index (χ4v) is 5.48. The van der Waals surface area contributed by atoms with Gasteiger partial charge in [0.1, 0.15) is 11.5 Å². The quantitative estimate of drug-likeness (QED) is 0.181. The minimum absolute atomic E-state index is 0.161. The summed E-state index contributed by atoms with van der Waals surface area (Å²) < 4.78 is 61.9. The highest BCUT2D eigenvalue weighted by atomic mass is 35.5. The van der Waals surface area contributed by atoms with E-state index in [9.17, 15) is 9.13 Å². The lowest BCUT2D eigenvalue weighted by Crippen LogP contribution is -2.56. The van der Waals surface area contributed by atoms with Gasteiger partial charge in [-0.3, -0.25) is 22.8 Å². The highest BCUT2D eigenvalue weighted by molar-refractivity contribution is 7.33. The molecule has 2 saturated heterocycles. The summed E-state index contributed by atoms with van der Waals surface area (Å²) in [5.41, 5.74) is 0. The molecule has 2 atom stereocenters. The third-order valence-corrected chi connectivity index (χ3v) is 7.94. The molecule has 4 rings (SSSR count). The van der Waals surface area contributed by atoms with Crippen molar-refractivity contribution in [2.75, 3.05) is 26.4 Å². The van der Waals surface area contributed by atoms with Gasteiger partial charge in [-0.2, -0.15) is 0 Å². The minimum Gasteiger partial charge on any atom is -0.446 e. The molecule has 2 unspecified atom stereocenters. The van der Waals surface area contributed by atoms with Gasteiger partial charge in [-0.15, -0.1) is 0 Å². The minimum atomic E-state index is -2.33. The summed E-state index contributed by atoms with van der Waals surface area (Å²) >= 11 is 26.4. The molecule has 0 spiro atoms. The van der Waals surface area contributed by atoms with E-state index in [0.29, 0.717) is 0 Å². The zero-order chi connectivity index (χ0) is 25.1. The first-order valence-corrected chi connectivity index (χ1v) is 13.8.